The van der Waals surface area contributed by atoms with Crippen molar-refractivity contribution in [3.63, 3.8) is 0 Å². The molecule has 0 fully saturated rings. The van der Waals surface area contributed by atoms with Crippen molar-refractivity contribution in [1.82, 2.24) is 39.5 Å². The monoisotopic (exact) mass is 594 g/mol. The second-order valence-corrected chi connectivity index (χ2v) is 10.6. The molecule has 9 nitrogen and oxygen atoms in total. The van der Waals surface area contributed by atoms with Crippen LogP contribution < -0.4 is 5.56 Å². The van der Waals surface area contributed by atoms with Gasteiger partial charge in [0.25, 0.3) is 5.56 Å². The standard InChI is InChI=1S/C10H6BrClN4S.C10H7ClN4OS/c1-16-4-5(2-14-16)10-15-7-6(12)3-13-9(11)8(7)17-10;1-15-4-5(2-13-15)10-14-7-6(11)3-12-9(16)8(7)17-10/h2-4H,1H3;2-4H,1H3,(H,12,16). The zero-order valence-electron chi connectivity index (χ0n) is 17.5. The van der Waals surface area contributed by atoms with E-state index in [0.717, 1.165) is 36.0 Å². The number of aromatic amines is 1. The van der Waals surface area contributed by atoms with Crippen molar-refractivity contribution in [2.45, 2.75) is 0 Å². The normalized spacial score (nSPS) is 11.2. The molecule has 6 heterocycles. The van der Waals surface area contributed by atoms with Gasteiger partial charge in [0.05, 0.1) is 27.1 Å². The number of pyridine rings is 2. The first-order valence-corrected chi connectivity index (χ1v) is 12.7. The number of rotatable bonds is 2. The number of nitrogens with zero attached hydrogens (tertiary/aromatic N) is 7. The number of H-pyrrole nitrogens is 1. The molecule has 0 aromatic carbocycles. The lowest BCUT2D eigenvalue weighted by Crippen LogP contribution is -2.02. The van der Waals surface area contributed by atoms with Crippen molar-refractivity contribution in [2.75, 3.05) is 0 Å². The van der Waals surface area contributed by atoms with Gasteiger partial charge in [-0.15, -0.1) is 22.7 Å². The Balaban J connectivity index is 0.000000142. The molecule has 0 aliphatic rings. The number of halogens is 3. The minimum Gasteiger partial charge on any atom is -0.326 e. The van der Waals surface area contributed by atoms with E-state index in [2.05, 4.69) is 46.1 Å². The van der Waals surface area contributed by atoms with Crippen LogP contribution in [0.2, 0.25) is 10.0 Å². The van der Waals surface area contributed by atoms with Gasteiger partial charge in [0.15, 0.2) is 0 Å². The minimum absolute atomic E-state index is 0.169. The molecule has 0 radical (unpaired) electrons. The summed E-state index contributed by atoms with van der Waals surface area (Å²) < 4.78 is 5.70. The van der Waals surface area contributed by atoms with E-state index in [1.807, 2.05) is 26.5 Å². The average Bonchev–Trinajstić information content (AvgIpc) is 3.59. The summed E-state index contributed by atoms with van der Waals surface area (Å²) in [5.41, 5.74) is 3.01. The van der Waals surface area contributed by atoms with Gasteiger partial charge < -0.3 is 4.98 Å². The summed E-state index contributed by atoms with van der Waals surface area (Å²) in [6.07, 6.45) is 10.3. The van der Waals surface area contributed by atoms with E-state index >= 15 is 0 Å². The molecule has 0 aliphatic carbocycles. The highest BCUT2D eigenvalue weighted by molar-refractivity contribution is 9.10. The fourth-order valence-electron chi connectivity index (χ4n) is 3.06. The first-order valence-electron chi connectivity index (χ1n) is 9.56. The molecule has 0 unspecified atom stereocenters. The molecule has 6 aromatic heterocycles. The number of aryl methyl sites for hydroxylation is 2. The Bertz CT molecular complexity index is 1680. The Morgan fingerprint density at radius 1 is 0.882 bits per heavy atom. The van der Waals surface area contributed by atoms with Crippen LogP contribution >= 0.6 is 61.8 Å². The van der Waals surface area contributed by atoms with E-state index in [1.54, 1.807) is 39.3 Å². The van der Waals surface area contributed by atoms with Crippen LogP contribution in [0.3, 0.4) is 0 Å². The van der Waals surface area contributed by atoms with Gasteiger partial charge in [-0.05, 0) is 15.9 Å². The van der Waals surface area contributed by atoms with Gasteiger partial charge in [0.1, 0.15) is 30.4 Å². The van der Waals surface area contributed by atoms with Crippen LogP contribution in [0.4, 0.5) is 0 Å². The van der Waals surface area contributed by atoms with Gasteiger partial charge in [0, 0.05) is 50.0 Å². The van der Waals surface area contributed by atoms with Crippen LogP contribution in [0.5, 0.6) is 0 Å². The number of hydrogen-bond donors (Lipinski definition) is 1. The van der Waals surface area contributed by atoms with Gasteiger partial charge in [0.2, 0.25) is 0 Å². The highest BCUT2D eigenvalue weighted by Gasteiger charge is 2.14. The first kappa shape index (κ1) is 23.1. The first-order chi connectivity index (χ1) is 16.3. The van der Waals surface area contributed by atoms with Crippen LogP contribution in [0.15, 0.2) is 46.6 Å². The van der Waals surface area contributed by atoms with E-state index in [1.165, 1.54) is 17.5 Å². The summed E-state index contributed by atoms with van der Waals surface area (Å²) in [6.45, 7) is 0. The number of thiazole rings is 2. The third-order valence-corrected chi connectivity index (χ3v) is 8.27. The molecule has 14 heteroatoms. The third kappa shape index (κ3) is 4.39. The Kier molecular flexibility index (Phi) is 6.25. The second kappa shape index (κ2) is 9.19. The molecule has 6 aromatic rings. The highest BCUT2D eigenvalue weighted by atomic mass is 79.9. The number of aromatic nitrogens is 8. The lowest BCUT2D eigenvalue weighted by molar-refractivity contribution is 0.768. The lowest BCUT2D eigenvalue weighted by Gasteiger charge is -1.92. The van der Waals surface area contributed by atoms with E-state index in [0.29, 0.717) is 20.3 Å². The van der Waals surface area contributed by atoms with Gasteiger partial charge in [-0.3, -0.25) is 14.2 Å². The molecule has 34 heavy (non-hydrogen) atoms. The smallest absolute Gasteiger partial charge is 0.267 e. The molecule has 0 amide bonds. The minimum atomic E-state index is -0.169. The lowest BCUT2D eigenvalue weighted by atomic mass is 10.4. The van der Waals surface area contributed by atoms with Gasteiger partial charge in [-0.25, -0.2) is 15.0 Å². The predicted molar refractivity (Wildman–Crippen MR) is 140 cm³/mol. The maximum absolute atomic E-state index is 11.6. The van der Waals surface area contributed by atoms with E-state index in [-0.39, 0.29) is 5.56 Å². The quantitative estimate of drug-likeness (QED) is 0.263. The summed E-state index contributed by atoms with van der Waals surface area (Å²) in [5, 5.41) is 10.9. The predicted octanol–water partition coefficient (Wildman–Crippen LogP) is 5.55. The molecule has 0 aliphatic heterocycles. The van der Waals surface area contributed by atoms with Gasteiger partial charge >= 0.3 is 0 Å². The van der Waals surface area contributed by atoms with Crippen LogP contribution in [0.1, 0.15) is 0 Å². The second-order valence-electron chi connectivity index (χ2n) is 7.06. The molecule has 0 saturated heterocycles. The molecule has 0 spiro atoms. The zero-order chi connectivity index (χ0) is 24.0. The molecular weight excluding hydrogens is 583 g/mol. The summed E-state index contributed by atoms with van der Waals surface area (Å²) in [4.78, 5) is 27.2. The SMILES string of the molecule is Cn1cc(-c2nc3c(Cl)c[nH]c(=O)c3s2)cn1.Cn1cc(-c2nc3c(Cl)cnc(Br)c3s2)cn1. The van der Waals surface area contributed by atoms with Gasteiger partial charge in [-0.2, -0.15) is 10.2 Å². The number of hydrogen-bond acceptors (Lipinski definition) is 8. The Hall–Kier alpha value is -2.64. The van der Waals surface area contributed by atoms with E-state index < -0.39 is 0 Å². The molecule has 0 saturated carbocycles. The highest BCUT2D eigenvalue weighted by Crippen LogP contribution is 2.36. The van der Waals surface area contributed by atoms with E-state index in [9.17, 15) is 4.79 Å². The maximum Gasteiger partial charge on any atom is 0.267 e. The molecule has 0 atom stereocenters. The molecule has 0 bridgehead atoms. The Morgan fingerprint density at radius 2 is 1.44 bits per heavy atom. The van der Waals surface area contributed by atoms with Crippen molar-refractivity contribution < 1.29 is 0 Å². The third-order valence-electron chi connectivity index (χ3n) is 4.63. The molecule has 1 N–H and O–H groups in total. The molecular formula is C20H13BrCl2N8OS2. The maximum atomic E-state index is 11.6. The van der Waals surface area contributed by atoms with Crippen LogP contribution in [0.25, 0.3) is 41.6 Å². The summed E-state index contributed by atoms with van der Waals surface area (Å²) in [7, 11) is 3.71. The largest absolute Gasteiger partial charge is 0.326 e. The van der Waals surface area contributed by atoms with Gasteiger partial charge in [-0.1, -0.05) is 23.2 Å². The molecule has 6 rings (SSSR count). The van der Waals surface area contributed by atoms with Crippen molar-refractivity contribution in [2.24, 2.45) is 14.1 Å². The van der Waals surface area contributed by atoms with Crippen molar-refractivity contribution >= 4 is 82.2 Å². The Labute approximate surface area is 218 Å². The summed E-state index contributed by atoms with van der Waals surface area (Å²) in [5.74, 6) is 0. The summed E-state index contributed by atoms with van der Waals surface area (Å²) in [6, 6.07) is 0. The number of fused-ring (bicyclic) bond motifs is 2. The van der Waals surface area contributed by atoms with Crippen molar-refractivity contribution in [1.29, 1.82) is 0 Å². The molecule has 172 valence electrons. The Morgan fingerprint density at radius 3 is 1.94 bits per heavy atom. The van der Waals surface area contributed by atoms with Crippen LogP contribution in [-0.2, 0) is 14.1 Å². The zero-order valence-corrected chi connectivity index (χ0v) is 22.2. The van der Waals surface area contributed by atoms with Crippen LogP contribution in [-0.4, -0.2) is 39.5 Å². The fourth-order valence-corrected chi connectivity index (χ4v) is 5.99. The fraction of sp³-hybridized carbons (Fsp3) is 0.100. The number of nitrogens with one attached hydrogen (secondary N) is 1. The average molecular weight is 596 g/mol. The van der Waals surface area contributed by atoms with Crippen molar-refractivity contribution in [3.8, 4) is 21.1 Å². The van der Waals surface area contributed by atoms with Crippen molar-refractivity contribution in [3.05, 3.63) is 62.2 Å². The summed E-state index contributed by atoms with van der Waals surface area (Å²) >= 11 is 18.3. The topological polar surface area (TPSA) is 107 Å². The van der Waals surface area contributed by atoms with E-state index in [4.69, 9.17) is 23.2 Å². The van der Waals surface area contributed by atoms with Crippen LogP contribution in [0, 0.1) is 0 Å².